The van der Waals surface area contributed by atoms with Crippen molar-refractivity contribution in [3.63, 3.8) is 0 Å². The summed E-state index contributed by atoms with van der Waals surface area (Å²) in [5.74, 6) is 1.53. The lowest BCUT2D eigenvalue weighted by Gasteiger charge is -2.27. The van der Waals surface area contributed by atoms with Gasteiger partial charge in [-0.05, 0) is 42.0 Å². The highest BCUT2D eigenvalue weighted by molar-refractivity contribution is 7.10. The molecule has 1 aromatic heterocycles. The Labute approximate surface area is 188 Å². The molecule has 0 bridgehead atoms. The van der Waals surface area contributed by atoms with Crippen molar-refractivity contribution in [2.75, 3.05) is 40.5 Å². The van der Waals surface area contributed by atoms with Gasteiger partial charge in [0, 0.05) is 57.3 Å². The topological polar surface area (TPSA) is 75.2 Å². The molecule has 1 aliphatic heterocycles. The van der Waals surface area contributed by atoms with E-state index in [1.807, 2.05) is 17.9 Å². The van der Waals surface area contributed by atoms with Crippen molar-refractivity contribution < 1.29 is 14.3 Å². The van der Waals surface area contributed by atoms with E-state index in [-0.39, 0.29) is 12.5 Å². The number of nitrogens with zero attached hydrogens (tertiary/aromatic N) is 2. The van der Waals surface area contributed by atoms with Crippen molar-refractivity contribution in [3.05, 3.63) is 51.2 Å². The minimum Gasteiger partial charge on any atom is -0.493 e. The van der Waals surface area contributed by atoms with Crippen LogP contribution in [0.3, 0.4) is 0 Å². The Bertz CT molecular complexity index is 897. The van der Waals surface area contributed by atoms with Gasteiger partial charge in [-0.2, -0.15) is 0 Å². The number of methoxy groups -OCH3 is 1. The Balaban J connectivity index is 1.49. The van der Waals surface area contributed by atoms with E-state index < -0.39 is 0 Å². The molecule has 0 atom stereocenters. The summed E-state index contributed by atoms with van der Waals surface area (Å²) in [6, 6.07) is 8.27. The van der Waals surface area contributed by atoms with Crippen LogP contribution in [0.5, 0.6) is 5.75 Å². The third kappa shape index (κ3) is 6.70. The second-order valence-corrected chi connectivity index (χ2v) is 8.52. The molecule has 0 aliphatic carbocycles. The van der Waals surface area contributed by atoms with Crippen LogP contribution >= 0.6 is 11.3 Å². The molecule has 8 heteroatoms. The van der Waals surface area contributed by atoms with Crippen LogP contribution in [0.25, 0.3) is 0 Å². The van der Waals surface area contributed by atoms with Crippen LogP contribution in [0, 0.1) is 6.92 Å². The number of aliphatic imine (C=N–C) groups is 1. The molecule has 3 rings (SSSR count). The van der Waals surface area contributed by atoms with Crippen molar-refractivity contribution in [2.24, 2.45) is 4.99 Å². The third-order valence-electron chi connectivity index (χ3n) is 5.21. The fourth-order valence-corrected chi connectivity index (χ4v) is 4.35. The third-order valence-corrected chi connectivity index (χ3v) is 6.23. The first-order chi connectivity index (χ1) is 15.1. The highest BCUT2D eigenvalue weighted by atomic mass is 32.1. The summed E-state index contributed by atoms with van der Waals surface area (Å²) in [6.07, 6.45) is 1.78. The number of rotatable bonds is 9. The Kier molecular flexibility index (Phi) is 8.73. The molecule has 0 fully saturated rings. The number of amides is 1. The van der Waals surface area contributed by atoms with Crippen molar-refractivity contribution in [1.29, 1.82) is 0 Å². The van der Waals surface area contributed by atoms with Gasteiger partial charge < -0.3 is 25.0 Å². The average molecular weight is 445 g/mol. The average Bonchev–Trinajstić information content (AvgIpc) is 3.25. The quantitative estimate of drug-likeness (QED) is 0.353. The maximum absolute atomic E-state index is 12.6. The lowest BCUT2D eigenvalue weighted by molar-refractivity contribution is -0.130. The second-order valence-electron chi connectivity index (χ2n) is 7.52. The van der Waals surface area contributed by atoms with Gasteiger partial charge in [0.05, 0.1) is 13.2 Å². The number of hydrogen-bond donors (Lipinski definition) is 2. The van der Waals surface area contributed by atoms with Gasteiger partial charge in [-0.1, -0.05) is 12.1 Å². The molecule has 1 aromatic carbocycles. The number of benzene rings is 1. The molecule has 0 unspecified atom stereocenters. The molecule has 2 heterocycles. The van der Waals surface area contributed by atoms with Gasteiger partial charge in [-0.3, -0.25) is 9.79 Å². The smallest absolute Gasteiger partial charge is 0.242 e. The normalized spacial score (nSPS) is 13.6. The fourth-order valence-electron chi connectivity index (χ4n) is 3.46. The molecule has 31 heavy (non-hydrogen) atoms. The molecular weight excluding hydrogens is 412 g/mol. The number of thiophene rings is 1. The van der Waals surface area contributed by atoms with Gasteiger partial charge in [-0.15, -0.1) is 11.3 Å². The summed E-state index contributed by atoms with van der Waals surface area (Å²) in [4.78, 5) is 20.2. The molecule has 1 aliphatic rings. The molecule has 0 spiro atoms. The van der Waals surface area contributed by atoms with E-state index in [4.69, 9.17) is 9.47 Å². The summed E-state index contributed by atoms with van der Waals surface area (Å²) in [5, 5.41) is 8.52. The summed E-state index contributed by atoms with van der Waals surface area (Å²) in [6.45, 7) is 5.56. The predicted molar refractivity (Wildman–Crippen MR) is 125 cm³/mol. The number of ether oxygens (including phenoxy) is 2. The zero-order valence-electron chi connectivity index (χ0n) is 18.6. The number of nitrogens with one attached hydrogen (secondary N) is 2. The standard InChI is InChI=1S/C23H32N4O3S/c1-17-5-6-18(20(13-17)30-11-4-10-29-3)14-25-23(24-2)26-15-22(28)27-9-7-21-19(16-27)8-12-31-21/h5-6,8,12-13H,4,7,9-11,14-16H2,1-3H3,(H2,24,25,26). The van der Waals surface area contributed by atoms with E-state index in [0.29, 0.717) is 32.3 Å². The van der Waals surface area contributed by atoms with Crippen LogP contribution in [0.4, 0.5) is 0 Å². The van der Waals surface area contributed by atoms with Crippen LogP contribution in [-0.2, 0) is 29.0 Å². The molecule has 168 valence electrons. The number of aryl methyl sites for hydroxylation is 1. The van der Waals surface area contributed by atoms with Gasteiger partial charge in [0.1, 0.15) is 5.75 Å². The molecule has 2 N–H and O–H groups in total. The van der Waals surface area contributed by atoms with Crippen LogP contribution in [0.15, 0.2) is 34.6 Å². The Morgan fingerprint density at radius 3 is 2.94 bits per heavy atom. The van der Waals surface area contributed by atoms with Crippen LogP contribution in [0.1, 0.15) is 28.0 Å². The zero-order chi connectivity index (χ0) is 22.1. The lowest BCUT2D eigenvalue weighted by Crippen LogP contribution is -2.45. The monoisotopic (exact) mass is 444 g/mol. The van der Waals surface area contributed by atoms with Crippen molar-refractivity contribution in [3.8, 4) is 5.75 Å². The first-order valence-corrected chi connectivity index (χ1v) is 11.5. The molecule has 0 radical (unpaired) electrons. The van der Waals surface area contributed by atoms with Crippen molar-refractivity contribution in [1.82, 2.24) is 15.5 Å². The van der Waals surface area contributed by atoms with Gasteiger partial charge >= 0.3 is 0 Å². The van der Waals surface area contributed by atoms with Crippen LogP contribution < -0.4 is 15.4 Å². The van der Waals surface area contributed by atoms with Crippen molar-refractivity contribution >= 4 is 23.2 Å². The summed E-state index contributed by atoms with van der Waals surface area (Å²) in [5.41, 5.74) is 3.46. The van der Waals surface area contributed by atoms with Crippen LogP contribution in [-0.4, -0.2) is 57.2 Å². The number of carbonyl (C=O) groups is 1. The predicted octanol–water partition coefficient (Wildman–Crippen LogP) is 2.72. The van der Waals surface area contributed by atoms with Crippen LogP contribution in [0.2, 0.25) is 0 Å². The van der Waals surface area contributed by atoms with Gasteiger partial charge in [0.15, 0.2) is 5.96 Å². The van der Waals surface area contributed by atoms with E-state index in [9.17, 15) is 4.79 Å². The van der Waals surface area contributed by atoms with Gasteiger partial charge in [0.2, 0.25) is 5.91 Å². The molecule has 7 nitrogen and oxygen atoms in total. The Hall–Kier alpha value is -2.58. The van der Waals surface area contributed by atoms with E-state index in [0.717, 1.165) is 36.3 Å². The largest absolute Gasteiger partial charge is 0.493 e. The Morgan fingerprint density at radius 2 is 2.13 bits per heavy atom. The summed E-state index contributed by atoms with van der Waals surface area (Å²) < 4.78 is 11.0. The minimum atomic E-state index is 0.0808. The number of hydrogen-bond acceptors (Lipinski definition) is 5. The van der Waals surface area contributed by atoms with Crippen molar-refractivity contribution in [2.45, 2.75) is 32.9 Å². The molecule has 2 aromatic rings. The summed E-state index contributed by atoms with van der Waals surface area (Å²) in [7, 11) is 3.39. The maximum Gasteiger partial charge on any atom is 0.242 e. The SMILES string of the molecule is CN=C(NCC(=O)N1CCc2sccc2C1)NCc1ccc(C)cc1OCCCOC. The zero-order valence-corrected chi connectivity index (χ0v) is 19.4. The second kappa shape index (κ2) is 11.7. The minimum absolute atomic E-state index is 0.0808. The number of guanidine groups is 1. The van der Waals surface area contributed by atoms with E-state index in [1.165, 1.54) is 10.4 Å². The highest BCUT2D eigenvalue weighted by Crippen LogP contribution is 2.24. The maximum atomic E-state index is 12.6. The Morgan fingerprint density at radius 1 is 1.26 bits per heavy atom. The van der Waals surface area contributed by atoms with Gasteiger partial charge in [0.25, 0.3) is 0 Å². The number of fused-ring (bicyclic) bond motifs is 1. The van der Waals surface area contributed by atoms with E-state index in [1.54, 1.807) is 25.5 Å². The highest BCUT2D eigenvalue weighted by Gasteiger charge is 2.21. The first kappa shape index (κ1) is 23.1. The van der Waals surface area contributed by atoms with Gasteiger partial charge in [-0.25, -0.2) is 0 Å². The fraction of sp³-hybridized carbons (Fsp3) is 0.478. The lowest BCUT2D eigenvalue weighted by atomic mass is 10.1. The molecule has 0 saturated carbocycles. The molecule has 0 saturated heterocycles. The molecular formula is C23H32N4O3S. The van der Waals surface area contributed by atoms with E-state index in [2.05, 4.69) is 39.2 Å². The summed E-state index contributed by atoms with van der Waals surface area (Å²) >= 11 is 1.78. The van der Waals surface area contributed by atoms with E-state index >= 15 is 0 Å². The first-order valence-electron chi connectivity index (χ1n) is 10.6. The molecule has 1 amide bonds. The number of carbonyl (C=O) groups excluding carboxylic acids is 1.